The SMILES string of the molecule is C=CCOc1ccc(-c2nn(-c3ccccc3)cc2/C=c2\sc3n(c2=O)C(c2ccc(OC)cc2)C(C(=O)OC(C)C)=C(C)N=3)cc1C. The smallest absolute Gasteiger partial charge is 0.338 e. The third kappa shape index (κ3) is 6.39. The number of esters is 1. The Morgan fingerprint density at radius 2 is 1.81 bits per heavy atom. The van der Waals surface area contributed by atoms with E-state index in [1.54, 1.807) is 43.2 Å². The molecule has 0 amide bonds. The number of aryl methyl sites for hydroxylation is 1. The van der Waals surface area contributed by atoms with Gasteiger partial charge in [0.05, 0.1) is 40.7 Å². The molecule has 3 aromatic carbocycles. The molecule has 0 N–H and O–H groups in total. The largest absolute Gasteiger partial charge is 0.497 e. The molecule has 1 aliphatic heterocycles. The highest BCUT2D eigenvalue weighted by Gasteiger charge is 2.34. The first kappa shape index (κ1) is 32.5. The van der Waals surface area contributed by atoms with E-state index in [9.17, 15) is 9.59 Å². The van der Waals surface area contributed by atoms with E-state index in [1.165, 1.54) is 11.3 Å². The van der Waals surface area contributed by atoms with Crippen LogP contribution in [0.15, 0.2) is 113 Å². The van der Waals surface area contributed by atoms with Gasteiger partial charge < -0.3 is 14.2 Å². The second kappa shape index (κ2) is 13.7. The molecule has 244 valence electrons. The number of fused-ring (bicyclic) bond motifs is 1. The monoisotopic (exact) mass is 660 g/mol. The minimum absolute atomic E-state index is 0.273. The van der Waals surface area contributed by atoms with Gasteiger partial charge in [0.1, 0.15) is 23.8 Å². The fraction of sp³-hybridized carbons (Fsp3) is 0.211. The molecule has 1 atom stereocenters. The highest BCUT2D eigenvalue weighted by Crippen LogP contribution is 2.32. The second-order valence-corrected chi connectivity index (χ2v) is 12.6. The molecule has 1 aliphatic rings. The Balaban J connectivity index is 1.53. The van der Waals surface area contributed by atoms with Crippen LogP contribution in [0.2, 0.25) is 0 Å². The number of thiazole rings is 1. The molecule has 0 spiro atoms. The third-order valence-electron chi connectivity index (χ3n) is 7.87. The van der Waals surface area contributed by atoms with E-state index in [0.29, 0.717) is 38.7 Å². The number of allylic oxidation sites excluding steroid dienone is 1. The minimum Gasteiger partial charge on any atom is -0.497 e. The lowest BCUT2D eigenvalue weighted by atomic mass is 9.96. The van der Waals surface area contributed by atoms with Gasteiger partial charge in [0.2, 0.25) is 0 Å². The van der Waals surface area contributed by atoms with Gasteiger partial charge in [-0.2, -0.15) is 5.10 Å². The van der Waals surface area contributed by atoms with E-state index in [0.717, 1.165) is 33.7 Å². The van der Waals surface area contributed by atoms with Crippen LogP contribution in [-0.4, -0.2) is 40.1 Å². The second-order valence-electron chi connectivity index (χ2n) is 11.6. The number of ether oxygens (including phenoxy) is 3. The van der Waals surface area contributed by atoms with Crippen LogP contribution in [-0.2, 0) is 9.53 Å². The van der Waals surface area contributed by atoms with Gasteiger partial charge >= 0.3 is 5.97 Å². The molecular formula is C38H36N4O5S. The Morgan fingerprint density at radius 3 is 2.48 bits per heavy atom. The Labute approximate surface area is 282 Å². The Morgan fingerprint density at radius 1 is 1.06 bits per heavy atom. The summed E-state index contributed by atoms with van der Waals surface area (Å²) in [7, 11) is 1.59. The van der Waals surface area contributed by atoms with Crippen LogP contribution in [0.3, 0.4) is 0 Å². The number of aromatic nitrogens is 3. The summed E-state index contributed by atoms with van der Waals surface area (Å²) in [6, 6.07) is 22.3. The van der Waals surface area contributed by atoms with Crippen molar-refractivity contribution in [3.8, 4) is 28.4 Å². The van der Waals surface area contributed by atoms with Gasteiger partial charge in [0, 0.05) is 17.3 Å². The normalized spacial score (nSPS) is 14.5. The van der Waals surface area contributed by atoms with E-state index >= 15 is 0 Å². The van der Waals surface area contributed by atoms with Crippen LogP contribution >= 0.6 is 11.3 Å². The molecule has 0 radical (unpaired) electrons. The summed E-state index contributed by atoms with van der Waals surface area (Å²) in [5.74, 6) is 0.914. The lowest BCUT2D eigenvalue weighted by Gasteiger charge is -2.25. The van der Waals surface area contributed by atoms with Gasteiger partial charge in [0.25, 0.3) is 5.56 Å². The van der Waals surface area contributed by atoms with Crippen molar-refractivity contribution in [3.05, 3.63) is 139 Å². The zero-order valence-electron chi connectivity index (χ0n) is 27.5. The van der Waals surface area contributed by atoms with Crippen molar-refractivity contribution >= 4 is 23.4 Å². The first-order valence-electron chi connectivity index (χ1n) is 15.6. The number of hydrogen-bond acceptors (Lipinski definition) is 8. The summed E-state index contributed by atoms with van der Waals surface area (Å²) >= 11 is 1.27. The van der Waals surface area contributed by atoms with Crippen molar-refractivity contribution in [1.82, 2.24) is 14.3 Å². The number of rotatable bonds is 10. The number of carbonyl (C=O) groups is 1. The van der Waals surface area contributed by atoms with Crippen LogP contribution in [0.25, 0.3) is 23.0 Å². The van der Waals surface area contributed by atoms with E-state index in [-0.39, 0.29) is 11.7 Å². The molecule has 0 aliphatic carbocycles. The van der Waals surface area contributed by atoms with Crippen molar-refractivity contribution in [2.24, 2.45) is 4.99 Å². The molecule has 9 nitrogen and oxygen atoms in total. The van der Waals surface area contributed by atoms with Crippen LogP contribution in [0.5, 0.6) is 11.5 Å². The molecule has 2 aromatic heterocycles. The van der Waals surface area contributed by atoms with E-state index in [1.807, 2.05) is 92.0 Å². The molecule has 1 unspecified atom stereocenters. The minimum atomic E-state index is -0.738. The average Bonchev–Trinajstić information content (AvgIpc) is 3.64. The molecule has 5 aromatic rings. The first-order valence-corrected chi connectivity index (χ1v) is 16.4. The Kier molecular flexibility index (Phi) is 9.27. The van der Waals surface area contributed by atoms with Crippen molar-refractivity contribution in [2.75, 3.05) is 13.7 Å². The van der Waals surface area contributed by atoms with Crippen molar-refractivity contribution in [1.29, 1.82) is 0 Å². The summed E-state index contributed by atoms with van der Waals surface area (Å²) < 4.78 is 20.7. The van der Waals surface area contributed by atoms with Gasteiger partial charge in [-0.15, -0.1) is 0 Å². The van der Waals surface area contributed by atoms with E-state index < -0.39 is 12.0 Å². The molecule has 48 heavy (non-hydrogen) atoms. The molecule has 0 saturated carbocycles. The number of benzene rings is 3. The quantitative estimate of drug-likeness (QED) is 0.136. The number of hydrogen-bond donors (Lipinski definition) is 0. The maximum absolute atomic E-state index is 14.4. The number of nitrogens with zero attached hydrogens (tertiary/aromatic N) is 4. The Bertz CT molecular complexity index is 2210. The maximum Gasteiger partial charge on any atom is 0.338 e. The van der Waals surface area contributed by atoms with Gasteiger partial charge in [-0.3, -0.25) is 9.36 Å². The summed E-state index contributed by atoms with van der Waals surface area (Å²) in [6.07, 6.45) is 5.13. The fourth-order valence-corrected chi connectivity index (χ4v) is 6.68. The number of carbonyl (C=O) groups excluding carboxylic acids is 1. The predicted molar refractivity (Wildman–Crippen MR) is 187 cm³/mol. The number of para-hydroxylation sites is 1. The zero-order chi connectivity index (χ0) is 33.9. The highest BCUT2D eigenvalue weighted by atomic mass is 32.1. The van der Waals surface area contributed by atoms with Crippen LogP contribution in [0, 0.1) is 6.92 Å². The standard InChI is InChI=1S/C38H36N4O5S/c1-7-19-46-31-18-15-27(20-24(31)4)34-28(22-41(40-34)29-11-9-8-10-12-29)21-32-36(43)42-35(26-13-16-30(45-6)17-14-26)33(37(44)47-23(2)3)25(5)39-38(42)48-32/h7-18,20-23,35H,1,19H2,2-6H3/b32-21-. The fourth-order valence-electron chi connectivity index (χ4n) is 5.64. The van der Waals surface area contributed by atoms with Gasteiger partial charge in [-0.25, -0.2) is 14.5 Å². The van der Waals surface area contributed by atoms with E-state index in [4.69, 9.17) is 24.3 Å². The topological polar surface area (TPSA) is 96.9 Å². The predicted octanol–water partition coefficient (Wildman–Crippen LogP) is 5.92. The summed E-state index contributed by atoms with van der Waals surface area (Å²) in [6.45, 7) is 11.5. The summed E-state index contributed by atoms with van der Waals surface area (Å²) in [4.78, 5) is 33.1. The molecule has 6 rings (SSSR count). The molecule has 0 fully saturated rings. The van der Waals surface area contributed by atoms with Crippen molar-refractivity contribution < 1.29 is 19.0 Å². The summed E-state index contributed by atoms with van der Waals surface area (Å²) in [5, 5.41) is 4.96. The van der Waals surface area contributed by atoms with Crippen LogP contribution < -0.4 is 24.4 Å². The Hall–Kier alpha value is -5.48. The molecule has 0 saturated heterocycles. The van der Waals surface area contributed by atoms with Gasteiger partial charge in [-0.1, -0.05) is 54.3 Å². The van der Waals surface area contributed by atoms with E-state index in [2.05, 4.69) is 6.58 Å². The molecular weight excluding hydrogens is 625 g/mol. The lowest BCUT2D eigenvalue weighted by Crippen LogP contribution is -2.40. The van der Waals surface area contributed by atoms with Gasteiger partial charge in [-0.05, 0) is 87.4 Å². The van der Waals surface area contributed by atoms with Gasteiger partial charge in [0.15, 0.2) is 4.80 Å². The average molecular weight is 661 g/mol. The highest BCUT2D eigenvalue weighted by molar-refractivity contribution is 7.07. The van der Waals surface area contributed by atoms with Crippen molar-refractivity contribution in [2.45, 2.75) is 39.8 Å². The zero-order valence-corrected chi connectivity index (χ0v) is 28.3. The van der Waals surface area contributed by atoms with Crippen molar-refractivity contribution in [3.63, 3.8) is 0 Å². The first-order chi connectivity index (χ1) is 23.2. The number of methoxy groups -OCH3 is 1. The van der Waals surface area contributed by atoms with Crippen LogP contribution in [0.4, 0.5) is 0 Å². The third-order valence-corrected chi connectivity index (χ3v) is 8.85. The maximum atomic E-state index is 14.4. The van der Waals surface area contributed by atoms with Crippen LogP contribution in [0.1, 0.15) is 43.5 Å². The molecule has 3 heterocycles. The molecule has 10 heteroatoms. The lowest BCUT2D eigenvalue weighted by molar-refractivity contribution is -0.143. The molecule has 0 bridgehead atoms. The summed E-state index contributed by atoms with van der Waals surface area (Å²) in [5.41, 5.74) is 5.44.